The summed E-state index contributed by atoms with van der Waals surface area (Å²) in [7, 11) is 1.63. The molecule has 0 spiro atoms. The smallest absolute Gasteiger partial charge is 0.258 e. The fourth-order valence-corrected chi connectivity index (χ4v) is 3.38. The maximum atomic E-state index is 6.01. The van der Waals surface area contributed by atoms with E-state index in [0.29, 0.717) is 30.4 Å². The van der Waals surface area contributed by atoms with Crippen LogP contribution in [0.25, 0.3) is 0 Å². The van der Waals surface area contributed by atoms with Crippen molar-refractivity contribution < 1.29 is 18.4 Å². The summed E-state index contributed by atoms with van der Waals surface area (Å²) in [5, 5.41) is 4.22. The largest absolute Gasteiger partial charge is 0.493 e. The Morgan fingerprint density at radius 1 is 1.25 bits per heavy atom. The minimum Gasteiger partial charge on any atom is -0.493 e. The van der Waals surface area contributed by atoms with Gasteiger partial charge >= 0.3 is 0 Å². The molecule has 3 heterocycles. The summed E-state index contributed by atoms with van der Waals surface area (Å²) in [5.74, 6) is 2.63. The molecule has 3 aromatic rings. The maximum Gasteiger partial charge on any atom is 0.258 e. The Balaban J connectivity index is 1.63. The number of ether oxygens (including phenoxy) is 2. The molecule has 28 heavy (non-hydrogen) atoms. The van der Waals surface area contributed by atoms with Gasteiger partial charge in [0.25, 0.3) is 5.88 Å². The van der Waals surface area contributed by atoms with Crippen LogP contribution in [0.4, 0.5) is 0 Å². The van der Waals surface area contributed by atoms with Crippen molar-refractivity contribution in [2.45, 2.75) is 25.5 Å². The van der Waals surface area contributed by atoms with Crippen molar-refractivity contribution in [3.63, 3.8) is 0 Å². The standard InChI is InChI=1S/C22H24N2O4/c1-3-18(24-11-7-12-24)21-17(14-20-19(25-2)10-13-26-20)22(23-28-21)27-15-16-8-5-4-6-9-16/h3-6,8-10,13,18H,1,7,11-12,14-15H2,2H3/t18-/m0/s1. The Hall–Kier alpha value is -2.99. The van der Waals surface area contributed by atoms with Crippen molar-refractivity contribution in [3.05, 3.63) is 78.0 Å². The monoisotopic (exact) mass is 380 g/mol. The first kappa shape index (κ1) is 18.4. The number of rotatable bonds is 9. The van der Waals surface area contributed by atoms with E-state index >= 15 is 0 Å². The second kappa shape index (κ2) is 8.35. The van der Waals surface area contributed by atoms with Crippen LogP contribution in [0.3, 0.4) is 0 Å². The van der Waals surface area contributed by atoms with Gasteiger partial charge in [0.1, 0.15) is 12.4 Å². The summed E-state index contributed by atoms with van der Waals surface area (Å²) in [6, 6.07) is 11.7. The number of hydrogen-bond donors (Lipinski definition) is 0. The summed E-state index contributed by atoms with van der Waals surface area (Å²) in [4.78, 5) is 2.30. The lowest BCUT2D eigenvalue weighted by molar-refractivity contribution is 0.124. The van der Waals surface area contributed by atoms with Crippen LogP contribution in [-0.4, -0.2) is 30.3 Å². The first-order valence-electron chi connectivity index (χ1n) is 9.42. The van der Waals surface area contributed by atoms with E-state index in [2.05, 4.69) is 16.6 Å². The molecular formula is C22H24N2O4. The molecule has 1 fully saturated rings. The van der Waals surface area contributed by atoms with Gasteiger partial charge in [-0.15, -0.1) is 6.58 Å². The van der Waals surface area contributed by atoms with Crippen LogP contribution in [0.5, 0.6) is 11.6 Å². The number of methoxy groups -OCH3 is 1. The first-order chi connectivity index (χ1) is 13.8. The van der Waals surface area contributed by atoms with E-state index in [0.717, 1.165) is 30.0 Å². The van der Waals surface area contributed by atoms with E-state index in [1.54, 1.807) is 19.4 Å². The Bertz CT molecular complexity index is 912. The minimum absolute atomic E-state index is 0.0358. The predicted molar refractivity (Wildman–Crippen MR) is 104 cm³/mol. The van der Waals surface area contributed by atoms with Crippen molar-refractivity contribution in [2.75, 3.05) is 20.2 Å². The molecule has 6 nitrogen and oxygen atoms in total. The van der Waals surface area contributed by atoms with Crippen molar-refractivity contribution in [1.82, 2.24) is 10.1 Å². The molecule has 1 saturated heterocycles. The van der Waals surface area contributed by atoms with Gasteiger partial charge in [-0.2, -0.15) is 0 Å². The average molecular weight is 380 g/mol. The topological polar surface area (TPSA) is 60.9 Å². The van der Waals surface area contributed by atoms with Crippen LogP contribution >= 0.6 is 0 Å². The van der Waals surface area contributed by atoms with Crippen LogP contribution in [0.1, 0.15) is 35.1 Å². The second-order valence-corrected chi connectivity index (χ2v) is 6.76. The normalized spacial score (nSPS) is 15.0. The van der Waals surface area contributed by atoms with Crippen LogP contribution in [0.15, 0.2) is 64.3 Å². The molecule has 1 aromatic carbocycles. The van der Waals surface area contributed by atoms with E-state index in [9.17, 15) is 0 Å². The molecule has 2 aromatic heterocycles. The lowest BCUT2D eigenvalue weighted by atomic mass is 10.0. The third kappa shape index (κ3) is 3.68. The van der Waals surface area contributed by atoms with Gasteiger partial charge in [-0.05, 0) is 17.1 Å². The van der Waals surface area contributed by atoms with E-state index < -0.39 is 0 Å². The summed E-state index contributed by atoms with van der Waals surface area (Å²) < 4.78 is 22.8. The quantitative estimate of drug-likeness (QED) is 0.514. The maximum absolute atomic E-state index is 6.01. The number of aromatic nitrogens is 1. The zero-order chi connectivity index (χ0) is 19.3. The van der Waals surface area contributed by atoms with Gasteiger partial charge in [0.2, 0.25) is 0 Å². The van der Waals surface area contributed by atoms with Gasteiger partial charge in [0.15, 0.2) is 11.5 Å². The number of benzene rings is 1. The Kier molecular flexibility index (Phi) is 5.48. The zero-order valence-corrected chi connectivity index (χ0v) is 16.0. The SMILES string of the molecule is C=C[C@@H](c1onc(OCc2ccccc2)c1Cc1occc1OC)N1CCC1. The Labute approximate surface area is 164 Å². The van der Waals surface area contributed by atoms with Crippen LogP contribution in [0, 0.1) is 0 Å². The van der Waals surface area contributed by atoms with Gasteiger partial charge in [0.05, 0.1) is 25.0 Å². The highest BCUT2D eigenvalue weighted by molar-refractivity contribution is 5.39. The lowest BCUT2D eigenvalue weighted by Gasteiger charge is -2.35. The lowest BCUT2D eigenvalue weighted by Crippen LogP contribution is -2.39. The molecule has 0 radical (unpaired) electrons. The zero-order valence-electron chi connectivity index (χ0n) is 16.0. The fraction of sp³-hybridized carbons (Fsp3) is 0.318. The van der Waals surface area contributed by atoms with Gasteiger partial charge in [-0.1, -0.05) is 36.4 Å². The predicted octanol–water partition coefficient (Wildman–Crippen LogP) is 4.38. The minimum atomic E-state index is -0.0358. The van der Waals surface area contributed by atoms with Gasteiger partial charge in [0, 0.05) is 25.6 Å². The van der Waals surface area contributed by atoms with Crippen molar-refractivity contribution in [1.29, 1.82) is 0 Å². The van der Waals surface area contributed by atoms with Crippen molar-refractivity contribution in [3.8, 4) is 11.6 Å². The molecule has 1 aliphatic rings. The van der Waals surface area contributed by atoms with Crippen LogP contribution < -0.4 is 9.47 Å². The molecule has 6 heteroatoms. The van der Waals surface area contributed by atoms with Crippen LogP contribution in [-0.2, 0) is 13.0 Å². The third-order valence-electron chi connectivity index (χ3n) is 5.04. The molecule has 4 rings (SSSR count). The molecule has 0 saturated carbocycles. The van der Waals surface area contributed by atoms with Gasteiger partial charge in [-0.3, -0.25) is 4.90 Å². The average Bonchev–Trinajstić information content (AvgIpc) is 3.31. The Morgan fingerprint density at radius 3 is 2.75 bits per heavy atom. The highest BCUT2D eigenvalue weighted by Crippen LogP contribution is 2.36. The molecule has 0 unspecified atom stereocenters. The van der Waals surface area contributed by atoms with Crippen molar-refractivity contribution in [2.24, 2.45) is 0 Å². The third-order valence-corrected chi connectivity index (χ3v) is 5.04. The van der Waals surface area contributed by atoms with E-state index in [-0.39, 0.29) is 6.04 Å². The highest BCUT2D eigenvalue weighted by Gasteiger charge is 2.31. The van der Waals surface area contributed by atoms with Gasteiger partial charge < -0.3 is 18.4 Å². The van der Waals surface area contributed by atoms with Gasteiger partial charge in [-0.25, -0.2) is 0 Å². The highest BCUT2D eigenvalue weighted by atomic mass is 16.5. The molecular weight excluding hydrogens is 356 g/mol. The fourth-order valence-electron chi connectivity index (χ4n) is 3.38. The molecule has 0 aliphatic carbocycles. The second-order valence-electron chi connectivity index (χ2n) is 6.76. The Morgan fingerprint density at radius 2 is 2.07 bits per heavy atom. The number of hydrogen-bond acceptors (Lipinski definition) is 6. The molecule has 0 bridgehead atoms. The van der Waals surface area contributed by atoms with E-state index in [4.69, 9.17) is 18.4 Å². The summed E-state index contributed by atoms with van der Waals surface area (Å²) in [5.41, 5.74) is 1.93. The molecule has 0 amide bonds. The summed E-state index contributed by atoms with van der Waals surface area (Å²) >= 11 is 0. The van der Waals surface area contributed by atoms with Crippen LogP contribution in [0.2, 0.25) is 0 Å². The molecule has 1 aliphatic heterocycles. The first-order valence-corrected chi connectivity index (χ1v) is 9.42. The number of likely N-dealkylation sites (tertiary alicyclic amines) is 1. The summed E-state index contributed by atoms with van der Waals surface area (Å²) in [6.07, 6.45) is 5.16. The molecule has 0 N–H and O–H groups in total. The number of furan rings is 1. The number of nitrogens with zero attached hydrogens (tertiary/aromatic N) is 2. The van der Waals surface area contributed by atoms with Crippen molar-refractivity contribution >= 4 is 0 Å². The summed E-state index contributed by atoms with van der Waals surface area (Å²) in [6.45, 7) is 6.44. The van der Waals surface area contributed by atoms with E-state index in [1.807, 2.05) is 36.4 Å². The molecule has 1 atom stereocenters. The van der Waals surface area contributed by atoms with E-state index in [1.165, 1.54) is 6.42 Å². The molecule has 146 valence electrons.